The SMILES string of the molecule is C1CCOCC1.C1CCOCC1.COC(C)(C)C. The van der Waals surface area contributed by atoms with E-state index in [0.717, 1.165) is 26.4 Å². The van der Waals surface area contributed by atoms with Gasteiger partial charge in [0.1, 0.15) is 0 Å². The van der Waals surface area contributed by atoms with Crippen LogP contribution in [-0.4, -0.2) is 39.1 Å². The smallest absolute Gasteiger partial charge is 0.0594 e. The second-order valence-electron chi connectivity index (χ2n) is 5.66. The predicted octanol–water partition coefficient (Wildman–Crippen LogP) is 3.81. The predicted molar refractivity (Wildman–Crippen MR) is 76.1 cm³/mol. The second-order valence-corrected chi connectivity index (χ2v) is 5.66. The fraction of sp³-hybridized carbons (Fsp3) is 1.00. The van der Waals surface area contributed by atoms with E-state index in [4.69, 9.17) is 14.2 Å². The van der Waals surface area contributed by atoms with E-state index in [2.05, 4.69) is 0 Å². The molecule has 2 rings (SSSR count). The third-order valence-electron chi connectivity index (χ3n) is 2.77. The van der Waals surface area contributed by atoms with Crippen LogP contribution in [0.15, 0.2) is 0 Å². The number of hydrogen-bond acceptors (Lipinski definition) is 3. The van der Waals surface area contributed by atoms with Gasteiger partial charge in [0.15, 0.2) is 0 Å². The molecule has 0 aromatic carbocycles. The first-order valence-electron chi connectivity index (χ1n) is 7.27. The average molecular weight is 260 g/mol. The summed E-state index contributed by atoms with van der Waals surface area (Å²) >= 11 is 0. The molecule has 0 aromatic rings. The fourth-order valence-corrected chi connectivity index (χ4v) is 1.37. The van der Waals surface area contributed by atoms with E-state index in [1.54, 1.807) is 7.11 Å². The van der Waals surface area contributed by atoms with Crippen LogP contribution in [0.4, 0.5) is 0 Å². The van der Waals surface area contributed by atoms with Crippen LogP contribution >= 0.6 is 0 Å². The summed E-state index contributed by atoms with van der Waals surface area (Å²) < 4.78 is 15.1. The Balaban J connectivity index is 0.000000241. The van der Waals surface area contributed by atoms with Gasteiger partial charge in [-0.3, -0.25) is 0 Å². The van der Waals surface area contributed by atoms with Crippen molar-refractivity contribution in [1.29, 1.82) is 0 Å². The zero-order valence-corrected chi connectivity index (χ0v) is 12.8. The van der Waals surface area contributed by atoms with E-state index in [1.165, 1.54) is 38.5 Å². The zero-order chi connectivity index (χ0) is 13.7. The minimum absolute atomic E-state index is 0.0417. The molecule has 0 unspecified atom stereocenters. The van der Waals surface area contributed by atoms with Gasteiger partial charge in [0.25, 0.3) is 0 Å². The molecule has 0 saturated carbocycles. The summed E-state index contributed by atoms with van der Waals surface area (Å²) in [5.74, 6) is 0. The Labute approximate surface area is 113 Å². The molecule has 2 fully saturated rings. The number of methoxy groups -OCH3 is 1. The van der Waals surface area contributed by atoms with Gasteiger partial charge in [0.05, 0.1) is 5.60 Å². The minimum atomic E-state index is 0.0417. The highest BCUT2D eigenvalue weighted by Crippen LogP contribution is 2.03. The molecule has 2 saturated heterocycles. The first kappa shape index (κ1) is 17.9. The van der Waals surface area contributed by atoms with Crippen LogP contribution in [-0.2, 0) is 14.2 Å². The maximum absolute atomic E-state index is 5.07. The van der Waals surface area contributed by atoms with Crippen molar-refractivity contribution in [2.45, 2.75) is 64.9 Å². The van der Waals surface area contributed by atoms with E-state index in [1.807, 2.05) is 20.8 Å². The maximum Gasteiger partial charge on any atom is 0.0594 e. The van der Waals surface area contributed by atoms with Gasteiger partial charge in [-0.1, -0.05) is 0 Å². The molecule has 0 amide bonds. The quantitative estimate of drug-likeness (QED) is 0.663. The van der Waals surface area contributed by atoms with Gasteiger partial charge in [-0.15, -0.1) is 0 Å². The molecule has 2 aliphatic heterocycles. The summed E-state index contributed by atoms with van der Waals surface area (Å²) in [6.45, 7) is 10.1. The van der Waals surface area contributed by atoms with Crippen molar-refractivity contribution in [3.8, 4) is 0 Å². The van der Waals surface area contributed by atoms with Gasteiger partial charge in [0, 0.05) is 33.5 Å². The van der Waals surface area contributed by atoms with E-state index < -0.39 is 0 Å². The number of hydrogen-bond donors (Lipinski definition) is 0. The van der Waals surface area contributed by atoms with Crippen LogP contribution in [0.5, 0.6) is 0 Å². The molecule has 0 aromatic heterocycles. The molecule has 2 heterocycles. The molecule has 2 aliphatic rings. The molecule has 0 radical (unpaired) electrons. The van der Waals surface area contributed by atoms with Crippen molar-refractivity contribution in [3.05, 3.63) is 0 Å². The molecule has 0 atom stereocenters. The number of ether oxygens (including phenoxy) is 3. The van der Waals surface area contributed by atoms with Crippen molar-refractivity contribution in [1.82, 2.24) is 0 Å². The Morgan fingerprint density at radius 1 is 0.667 bits per heavy atom. The van der Waals surface area contributed by atoms with E-state index >= 15 is 0 Å². The summed E-state index contributed by atoms with van der Waals surface area (Å²) in [5, 5.41) is 0. The molecule has 0 aliphatic carbocycles. The van der Waals surface area contributed by atoms with E-state index in [9.17, 15) is 0 Å². The Kier molecular flexibility index (Phi) is 11.9. The maximum atomic E-state index is 5.07. The van der Waals surface area contributed by atoms with Crippen LogP contribution in [0, 0.1) is 0 Å². The summed E-state index contributed by atoms with van der Waals surface area (Å²) in [5.41, 5.74) is 0.0417. The summed E-state index contributed by atoms with van der Waals surface area (Å²) in [4.78, 5) is 0. The Hall–Kier alpha value is -0.120. The molecular weight excluding hydrogens is 228 g/mol. The lowest BCUT2D eigenvalue weighted by atomic mass is 10.2. The Morgan fingerprint density at radius 3 is 1.00 bits per heavy atom. The third-order valence-corrected chi connectivity index (χ3v) is 2.77. The molecule has 3 heteroatoms. The van der Waals surface area contributed by atoms with E-state index in [0.29, 0.717) is 0 Å². The molecule has 0 bridgehead atoms. The topological polar surface area (TPSA) is 27.7 Å². The van der Waals surface area contributed by atoms with Gasteiger partial charge in [0.2, 0.25) is 0 Å². The van der Waals surface area contributed by atoms with Crippen molar-refractivity contribution < 1.29 is 14.2 Å². The molecule has 0 N–H and O–H groups in total. The highest BCUT2D eigenvalue weighted by molar-refractivity contribution is 4.55. The standard InChI is InChI=1S/2C5H10O.C5H12O/c2*1-2-4-6-5-3-1;1-5(2,3)6-4/h2*1-5H2;1-4H3. The molecule has 0 spiro atoms. The summed E-state index contributed by atoms with van der Waals surface area (Å²) in [6, 6.07) is 0. The summed E-state index contributed by atoms with van der Waals surface area (Å²) in [6.07, 6.45) is 7.86. The average Bonchev–Trinajstić information content (AvgIpc) is 2.43. The second kappa shape index (κ2) is 11.9. The highest BCUT2D eigenvalue weighted by atomic mass is 16.5. The van der Waals surface area contributed by atoms with Crippen molar-refractivity contribution in [2.24, 2.45) is 0 Å². The lowest BCUT2D eigenvalue weighted by molar-refractivity contribution is 0.0397. The lowest BCUT2D eigenvalue weighted by Gasteiger charge is -2.14. The van der Waals surface area contributed by atoms with Gasteiger partial charge in [-0.25, -0.2) is 0 Å². The Bertz CT molecular complexity index is 121. The zero-order valence-electron chi connectivity index (χ0n) is 12.8. The van der Waals surface area contributed by atoms with Gasteiger partial charge in [-0.2, -0.15) is 0 Å². The van der Waals surface area contributed by atoms with Gasteiger partial charge >= 0.3 is 0 Å². The first-order valence-corrected chi connectivity index (χ1v) is 7.27. The van der Waals surface area contributed by atoms with Crippen LogP contribution in [0.3, 0.4) is 0 Å². The molecular formula is C15H32O3. The van der Waals surface area contributed by atoms with Crippen LogP contribution in [0.1, 0.15) is 59.3 Å². The van der Waals surface area contributed by atoms with Crippen molar-refractivity contribution >= 4 is 0 Å². The van der Waals surface area contributed by atoms with Crippen LogP contribution in [0.25, 0.3) is 0 Å². The van der Waals surface area contributed by atoms with Gasteiger partial charge in [-0.05, 0) is 59.3 Å². The Morgan fingerprint density at radius 2 is 0.944 bits per heavy atom. The number of rotatable bonds is 0. The van der Waals surface area contributed by atoms with Crippen molar-refractivity contribution in [3.63, 3.8) is 0 Å². The molecule has 110 valence electrons. The lowest BCUT2D eigenvalue weighted by Crippen LogP contribution is -2.15. The largest absolute Gasteiger partial charge is 0.381 e. The highest BCUT2D eigenvalue weighted by Gasteiger charge is 2.04. The van der Waals surface area contributed by atoms with Crippen LogP contribution in [0.2, 0.25) is 0 Å². The van der Waals surface area contributed by atoms with Crippen molar-refractivity contribution in [2.75, 3.05) is 33.5 Å². The minimum Gasteiger partial charge on any atom is -0.381 e. The third kappa shape index (κ3) is 15.9. The first-order chi connectivity index (χ1) is 8.56. The van der Waals surface area contributed by atoms with E-state index in [-0.39, 0.29) is 5.60 Å². The summed E-state index contributed by atoms with van der Waals surface area (Å²) in [7, 11) is 1.71. The normalized spacial score (nSPS) is 20.0. The fourth-order valence-electron chi connectivity index (χ4n) is 1.37. The van der Waals surface area contributed by atoms with Gasteiger partial charge < -0.3 is 14.2 Å². The van der Waals surface area contributed by atoms with Crippen LogP contribution < -0.4 is 0 Å². The molecule has 18 heavy (non-hydrogen) atoms. The monoisotopic (exact) mass is 260 g/mol. The molecule has 3 nitrogen and oxygen atoms in total.